The second kappa shape index (κ2) is 9.51. The van der Waals surface area contributed by atoms with Crippen LogP contribution in [0.3, 0.4) is 0 Å². The number of anilines is 1. The summed E-state index contributed by atoms with van der Waals surface area (Å²) in [6, 6.07) is 6.77. The fraction of sp³-hybridized carbons (Fsp3) is 0.696. The number of halogens is 1. The van der Waals surface area contributed by atoms with Crippen LogP contribution in [0.2, 0.25) is 0 Å². The van der Waals surface area contributed by atoms with E-state index in [-0.39, 0.29) is 12.1 Å². The lowest BCUT2D eigenvalue weighted by Gasteiger charge is -2.37. The first-order chi connectivity index (χ1) is 13.3. The summed E-state index contributed by atoms with van der Waals surface area (Å²) in [7, 11) is 0. The average molecular weight is 451 g/mol. The number of rotatable bonds is 4. The standard InChI is InChI=1S/C23H35BrN2O2/c1-23(2,3)28-22(27)26(20-10-6-4-7-11-20)17-18-12-13-19(24)16-21(18)25-14-8-5-9-15-25/h12-13,16,20H,4-11,14-15,17H2,1-3H3. The number of hydrogen-bond acceptors (Lipinski definition) is 3. The molecule has 1 aromatic rings. The second-order valence-electron chi connectivity index (χ2n) is 9.22. The van der Waals surface area contributed by atoms with Crippen LogP contribution in [-0.2, 0) is 11.3 Å². The van der Waals surface area contributed by atoms with Gasteiger partial charge in [0.05, 0.1) is 6.54 Å². The third-order valence-electron chi connectivity index (χ3n) is 5.73. The number of carbonyl (C=O) groups is 1. The highest BCUT2D eigenvalue weighted by Gasteiger charge is 2.30. The molecule has 0 bridgehead atoms. The molecule has 1 saturated heterocycles. The van der Waals surface area contributed by atoms with Crippen molar-refractivity contribution in [1.82, 2.24) is 4.90 Å². The molecule has 1 aliphatic carbocycles. The number of benzene rings is 1. The van der Waals surface area contributed by atoms with E-state index in [9.17, 15) is 4.79 Å². The monoisotopic (exact) mass is 450 g/mol. The number of ether oxygens (including phenoxy) is 1. The van der Waals surface area contributed by atoms with Crippen molar-refractivity contribution in [3.05, 3.63) is 28.2 Å². The van der Waals surface area contributed by atoms with Gasteiger partial charge in [0.1, 0.15) is 5.60 Å². The van der Waals surface area contributed by atoms with Gasteiger partial charge in [0.2, 0.25) is 0 Å². The van der Waals surface area contributed by atoms with Crippen LogP contribution in [0.5, 0.6) is 0 Å². The summed E-state index contributed by atoms with van der Waals surface area (Å²) in [5.74, 6) is 0. The zero-order valence-electron chi connectivity index (χ0n) is 17.7. The Hall–Kier alpha value is -1.23. The first kappa shape index (κ1) is 21.5. The quantitative estimate of drug-likeness (QED) is 0.523. The molecule has 0 N–H and O–H groups in total. The number of nitrogens with zero attached hydrogens (tertiary/aromatic N) is 2. The SMILES string of the molecule is CC(C)(C)OC(=O)N(Cc1ccc(Br)cc1N1CCCCC1)C1CCCCC1. The van der Waals surface area contributed by atoms with Gasteiger partial charge in [-0.3, -0.25) is 0 Å². The van der Waals surface area contributed by atoms with Gasteiger partial charge in [0.15, 0.2) is 0 Å². The molecule has 0 radical (unpaired) electrons. The molecule has 3 rings (SSSR count). The van der Waals surface area contributed by atoms with E-state index in [1.807, 2.05) is 25.7 Å². The molecule has 1 aliphatic heterocycles. The fourth-order valence-electron chi connectivity index (χ4n) is 4.34. The van der Waals surface area contributed by atoms with Gasteiger partial charge in [-0.15, -0.1) is 0 Å². The van der Waals surface area contributed by atoms with E-state index < -0.39 is 5.60 Å². The van der Waals surface area contributed by atoms with E-state index in [0.29, 0.717) is 6.54 Å². The number of carbonyl (C=O) groups excluding carboxylic acids is 1. The van der Waals surface area contributed by atoms with Gasteiger partial charge in [-0.25, -0.2) is 4.79 Å². The minimum Gasteiger partial charge on any atom is -0.444 e. The topological polar surface area (TPSA) is 32.8 Å². The molecule has 156 valence electrons. The lowest BCUT2D eigenvalue weighted by atomic mass is 9.94. The van der Waals surface area contributed by atoms with E-state index in [1.54, 1.807) is 0 Å². The van der Waals surface area contributed by atoms with Crippen LogP contribution in [0.4, 0.5) is 10.5 Å². The Morgan fingerprint density at radius 3 is 2.39 bits per heavy atom. The summed E-state index contributed by atoms with van der Waals surface area (Å²) < 4.78 is 6.89. The van der Waals surface area contributed by atoms with Crippen molar-refractivity contribution in [1.29, 1.82) is 0 Å². The van der Waals surface area contributed by atoms with Gasteiger partial charge in [-0.2, -0.15) is 0 Å². The molecule has 4 nitrogen and oxygen atoms in total. The van der Waals surface area contributed by atoms with Crippen LogP contribution < -0.4 is 4.90 Å². The molecular weight excluding hydrogens is 416 g/mol. The molecule has 2 fully saturated rings. The normalized spacial score (nSPS) is 18.8. The molecular formula is C23H35BrN2O2. The third kappa shape index (κ3) is 5.88. The highest BCUT2D eigenvalue weighted by molar-refractivity contribution is 9.10. The Labute approximate surface area is 178 Å². The van der Waals surface area contributed by atoms with Crippen molar-refractivity contribution >= 4 is 27.7 Å². The number of hydrogen-bond donors (Lipinski definition) is 0. The first-order valence-electron chi connectivity index (χ1n) is 10.9. The van der Waals surface area contributed by atoms with Crippen molar-refractivity contribution in [2.24, 2.45) is 0 Å². The maximum absolute atomic E-state index is 13.1. The summed E-state index contributed by atoms with van der Waals surface area (Å²) in [6.45, 7) is 8.66. The van der Waals surface area contributed by atoms with Crippen LogP contribution in [0.1, 0.15) is 77.7 Å². The lowest BCUT2D eigenvalue weighted by molar-refractivity contribution is 0.00992. The van der Waals surface area contributed by atoms with Gasteiger partial charge < -0.3 is 14.5 Å². The van der Waals surface area contributed by atoms with Gasteiger partial charge >= 0.3 is 6.09 Å². The first-order valence-corrected chi connectivity index (χ1v) is 11.7. The summed E-state index contributed by atoms with van der Waals surface area (Å²) >= 11 is 3.64. The molecule has 1 heterocycles. The maximum atomic E-state index is 13.1. The molecule has 0 spiro atoms. The van der Waals surface area contributed by atoms with Crippen LogP contribution in [0.15, 0.2) is 22.7 Å². The predicted octanol–water partition coefficient (Wildman–Crippen LogP) is 6.51. The minimum absolute atomic E-state index is 0.174. The van der Waals surface area contributed by atoms with Gasteiger partial charge in [-0.05, 0) is 70.6 Å². The van der Waals surface area contributed by atoms with Crippen molar-refractivity contribution in [3.8, 4) is 0 Å². The Bertz CT molecular complexity index is 659. The molecule has 28 heavy (non-hydrogen) atoms. The number of amides is 1. The van der Waals surface area contributed by atoms with Crippen molar-refractivity contribution in [2.45, 2.75) is 90.3 Å². The lowest BCUT2D eigenvalue weighted by Crippen LogP contribution is -2.44. The third-order valence-corrected chi connectivity index (χ3v) is 6.22. The van der Waals surface area contributed by atoms with Gasteiger partial charge in [0, 0.05) is 29.3 Å². The minimum atomic E-state index is -0.473. The average Bonchev–Trinajstić information content (AvgIpc) is 2.67. The van der Waals surface area contributed by atoms with E-state index in [0.717, 1.165) is 30.4 Å². The van der Waals surface area contributed by atoms with Crippen LogP contribution in [-0.4, -0.2) is 35.7 Å². The van der Waals surface area contributed by atoms with Gasteiger partial charge in [0.25, 0.3) is 0 Å². The zero-order valence-corrected chi connectivity index (χ0v) is 19.3. The predicted molar refractivity (Wildman–Crippen MR) is 119 cm³/mol. The van der Waals surface area contributed by atoms with E-state index in [4.69, 9.17) is 4.74 Å². The molecule has 0 aromatic heterocycles. The van der Waals surface area contributed by atoms with Crippen molar-refractivity contribution in [3.63, 3.8) is 0 Å². The smallest absolute Gasteiger partial charge is 0.410 e. The van der Waals surface area contributed by atoms with E-state index in [1.165, 1.54) is 49.8 Å². The highest BCUT2D eigenvalue weighted by atomic mass is 79.9. The van der Waals surface area contributed by atoms with Crippen LogP contribution in [0, 0.1) is 0 Å². The Kier molecular flexibility index (Phi) is 7.30. The summed E-state index contributed by atoms with van der Waals surface area (Å²) in [6.07, 6.45) is 9.44. The van der Waals surface area contributed by atoms with Crippen LogP contribution in [0.25, 0.3) is 0 Å². The summed E-state index contributed by atoms with van der Waals surface area (Å²) in [5.41, 5.74) is 2.01. The van der Waals surface area contributed by atoms with E-state index in [2.05, 4.69) is 39.0 Å². The zero-order chi connectivity index (χ0) is 20.1. The molecule has 2 aliphatic rings. The Morgan fingerprint density at radius 2 is 1.75 bits per heavy atom. The maximum Gasteiger partial charge on any atom is 0.410 e. The number of piperidine rings is 1. The Morgan fingerprint density at radius 1 is 1.11 bits per heavy atom. The molecule has 1 saturated carbocycles. The summed E-state index contributed by atoms with van der Waals surface area (Å²) in [5, 5.41) is 0. The van der Waals surface area contributed by atoms with E-state index >= 15 is 0 Å². The van der Waals surface area contributed by atoms with Gasteiger partial charge in [-0.1, -0.05) is 41.3 Å². The molecule has 1 amide bonds. The molecule has 5 heteroatoms. The van der Waals surface area contributed by atoms with Crippen molar-refractivity contribution < 1.29 is 9.53 Å². The molecule has 0 atom stereocenters. The Balaban J connectivity index is 1.86. The highest BCUT2D eigenvalue weighted by Crippen LogP contribution is 2.32. The second-order valence-corrected chi connectivity index (χ2v) is 10.1. The molecule has 1 aromatic carbocycles. The van der Waals surface area contributed by atoms with Crippen molar-refractivity contribution in [2.75, 3.05) is 18.0 Å². The fourth-order valence-corrected chi connectivity index (χ4v) is 4.69. The largest absolute Gasteiger partial charge is 0.444 e. The molecule has 0 unspecified atom stereocenters. The summed E-state index contributed by atoms with van der Waals surface area (Å²) in [4.78, 5) is 17.6. The van der Waals surface area contributed by atoms with Crippen LogP contribution >= 0.6 is 15.9 Å².